The minimum Gasteiger partial charge on any atom is -0.508 e. The van der Waals surface area contributed by atoms with Crippen LogP contribution in [0.2, 0.25) is 0 Å². The first kappa shape index (κ1) is 19.5. The normalized spacial score (nSPS) is 14.1. The van der Waals surface area contributed by atoms with Crippen molar-refractivity contribution < 1.29 is 37.7 Å². The highest BCUT2D eigenvalue weighted by atomic mass is 32.2. The van der Waals surface area contributed by atoms with Gasteiger partial charge in [-0.15, -0.1) is 11.3 Å². The number of hydrogen-bond acceptors (Lipinski definition) is 8. The summed E-state index contributed by atoms with van der Waals surface area (Å²) in [5, 5.41) is 28.9. The zero-order valence-corrected chi connectivity index (χ0v) is 16.0. The monoisotopic (exact) mass is 431 g/mol. The largest absolute Gasteiger partial charge is 0.508 e. The fourth-order valence-electron chi connectivity index (χ4n) is 2.15. The van der Waals surface area contributed by atoms with Crippen LogP contribution in [0.25, 0.3) is 10.1 Å². The summed E-state index contributed by atoms with van der Waals surface area (Å²) >= 11 is 0.701. The third kappa shape index (κ3) is 4.34. The second-order valence-electron chi connectivity index (χ2n) is 5.44. The number of thiophene rings is 1. The van der Waals surface area contributed by atoms with E-state index in [9.17, 15) is 33.2 Å². The summed E-state index contributed by atoms with van der Waals surface area (Å²) in [5.74, 6) is -0.483. The Morgan fingerprint density at radius 3 is 2.30 bits per heavy atom. The minimum atomic E-state index is -4.37. The molecule has 0 spiro atoms. The van der Waals surface area contributed by atoms with E-state index in [1.54, 1.807) is 0 Å². The van der Waals surface area contributed by atoms with Gasteiger partial charge in [0.05, 0.1) is 4.70 Å². The number of nitrogens with one attached hydrogen (secondary N) is 1. The van der Waals surface area contributed by atoms with E-state index in [0.29, 0.717) is 11.3 Å². The van der Waals surface area contributed by atoms with Crippen LogP contribution in [0.3, 0.4) is 0 Å². The zero-order valence-electron chi connectivity index (χ0n) is 13.4. The van der Waals surface area contributed by atoms with Crippen molar-refractivity contribution in [1.29, 1.82) is 0 Å². The van der Waals surface area contributed by atoms with E-state index in [1.165, 1.54) is 36.4 Å². The van der Waals surface area contributed by atoms with Gasteiger partial charge in [-0.3, -0.25) is 0 Å². The average Bonchev–Trinajstić information content (AvgIpc) is 3.06. The van der Waals surface area contributed by atoms with Gasteiger partial charge in [0.25, 0.3) is 10.0 Å². The molecule has 0 saturated heterocycles. The summed E-state index contributed by atoms with van der Waals surface area (Å²) in [6.45, 7) is 0. The fraction of sp³-hybridized carbons (Fsp3) is 0.0667. The highest BCUT2D eigenvalue weighted by Gasteiger charge is 2.27. The molecule has 3 aromatic rings. The van der Waals surface area contributed by atoms with Gasteiger partial charge in [-0.1, -0.05) is 0 Å². The van der Waals surface area contributed by atoms with Crippen molar-refractivity contribution in [1.82, 2.24) is 4.72 Å². The highest BCUT2D eigenvalue weighted by Crippen LogP contribution is 2.43. The van der Waals surface area contributed by atoms with Gasteiger partial charge in [0.2, 0.25) is 0 Å². The van der Waals surface area contributed by atoms with Crippen LogP contribution in [-0.4, -0.2) is 34.9 Å². The van der Waals surface area contributed by atoms with Gasteiger partial charge in [-0.05, 0) is 42.5 Å². The number of benzene rings is 2. The molecule has 0 aliphatic heterocycles. The molecule has 27 heavy (non-hydrogen) atoms. The van der Waals surface area contributed by atoms with E-state index < -0.39 is 23.9 Å². The van der Waals surface area contributed by atoms with Crippen molar-refractivity contribution in [3.05, 3.63) is 42.5 Å². The quantitative estimate of drug-likeness (QED) is 0.295. The van der Waals surface area contributed by atoms with E-state index in [4.69, 9.17) is 4.52 Å². The second-order valence-corrected chi connectivity index (χ2v) is 10.3. The fourth-order valence-corrected chi connectivity index (χ4v) is 6.10. The molecular formula is C15H14NO8PS2. The molecule has 0 aliphatic carbocycles. The Morgan fingerprint density at radius 1 is 1.04 bits per heavy atom. The van der Waals surface area contributed by atoms with E-state index in [-0.39, 0.29) is 37.3 Å². The number of rotatable bonds is 6. The smallest absolute Gasteiger partial charge is 0.391 e. The maximum Gasteiger partial charge on any atom is 0.391 e. The van der Waals surface area contributed by atoms with Crippen LogP contribution in [-0.2, 0) is 14.6 Å². The van der Waals surface area contributed by atoms with Crippen LogP contribution in [0.4, 0.5) is 0 Å². The van der Waals surface area contributed by atoms with Crippen molar-refractivity contribution in [3.8, 4) is 23.0 Å². The highest BCUT2D eigenvalue weighted by molar-refractivity contribution is 7.92. The Morgan fingerprint density at radius 2 is 1.67 bits per heavy atom. The Balaban J connectivity index is 1.78. The molecule has 0 aliphatic rings. The predicted octanol–water partition coefficient (Wildman–Crippen LogP) is 2.52. The third-order valence-electron chi connectivity index (χ3n) is 3.42. The lowest BCUT2D eigenvalue weighted by molar-refractivity contribution is 0.377. The van der Waals surface area contributed by atoms with Crippen molar-refractivity contribution in [2.24, 2.45) is 0 Å². The number of fused-ring (bicyclic) bond motifs is 1. The molecule has 12 heteroatoms. The van der Waals surface area contributed by atoms with Gasteiger partial charge >= 0.3 is 7.60 Å². The summed E-state index contributed by atoms with van der Waals surface area (Å²) in [7, 11) is -8.56. The van der Waals surface area contributed by atoms with E-state index in [0.717, 1.165) is 6.07 Å². The Hall–Kier alpha value is -2.30. The molecule has 9 nitrogen and oxygen atoms in total. The molecule has 1 unspecified atom stereocenters. The zero-order chi connectivity index (χ0) is 19.8. The van der Waals surface area contributed by atoms with Crippen molar-refractivity contribution >= 4 is 39.0 Å². The second kappa shape index (κ2) is 7.02. The summed E-state index contributed by atoms with van der Waals surface area (Å²) in [6.07, 6.45) is -0.900. The first-order valence-corrected chi connectivity index (χ1v) is 11.4. The van der Waals surface area contributed by atoms with Gasteiger partial charge < -0.3 is 24.7 Å². The molecule has 3 rings (SSSR count). The number of hydrogen-bond donors (Lipinski definition) is 5. The number of phenols is 3. The molecule has 0 bridgehead atoms. The van der Waals surface area contributed by atoms with E-state index >= 15 is 0 Å². The Bertz CT molecular complexity index is 1100. The molecule has 144 valence electrons. The maximum atomic E-state index is 12.4. The average molecular weight is 431 g/mol. The van der Waals surface area contributed by atoms with Crippen molar-refractivity contribution in [2.75, 3.05) is 6.29 Å². The minimum absolute atomic E-state index is 0.0189. The lowest BCUT2D eigenvalue weighted by atomic mass is 10.2. The third-order valence-corrected chi connectivity index (χ3v) is 7.72. The molecule has 0 saturated carbocycles. The summed E-state index contributed by atoms with van der Waals surface area (Å²) in [5.41, 5.74) is 0. The van der Waals surface area contributed by atoms with Crippen LogP contribution >= 0.6 is 18.9 Å². The van der Waals surface area contributed by atoms with Crippen molar-refractivity contribution in [2.45, 2.75) is 4.21 Å². The number of aromatic hydroxyl groups is 3. The first-order valence-electron chi connectivity index (χ1n) is 7.32. The number of phenolic OH excluding ortho intramolecular Hbond substituents is 3. The van der Waals surface area contributed by atoms with Crippen LogP contribution in [0, 0.1) is 0 Å². The maximum absolute atomic E-state index is 12.4. The van der Waals surface area contributed by atoms with E-state index in [1.807, 2.05) is 4.72 Å². The summed E-state index contributed by atoms with van der Waals surface area (Å²) < 4.78 is 43.6. The van der Waals surface area contributed by atoms with E-state index in [2.05, 4.69) is 0 Å². The SMILES string of the molecule is O=P(O)(CNS(=O)(=O)c1cc2c(O)ccc(O)c2s1)Oc1ccc(O)cc1. The summed E-state index contributed by atoms with van der Waals surface area (Å²) in [6, 6.07) is 8.60. The molecule has 1 atom stereocenters. The van der Waals surface area contributed by atoms with Crippen LogP contribution in [0.1, 0.15) is 0 Å². The van der Waals surface area contributed by atoms with Gasteiger partial charge in [0, 0.05) is 5.39 Å². The van der Waals surface area contributed by atoms with Gasteiger partial charge in [0.15, 0.2) is 0 Å². The molecular weight excluding hydrogens is 417 g/mol. The molecule has 0 fully saturated rings. The standard InChI is InChI=1S/C15H14NO8PS2/c17-9-1-3-10(4-2-9)24-25(20,21)8-16-27(22,23)14-7-11-12(18)5-6-13(19)15(11)26-14/h1-7,16-19H,8H2,(H,20,21). The Kier molecular flexibility index (Phi) is 5.06. The molecule has 1 aromatic heterocycles. The van der Waals surface area contributed by atoms with Gasteiger partial charge in [-0.25, -0.2) is 13.0 Å². The van der Waals surface area contributed by atoms with Gasteiger partial charge in [-0.2, -0.15) is 4.72 Å². The number of sulfonamides is 1. The topological polar surface area (TPSA) is 153 Å². The lowest BCUT2D eigenvalue weighted by Gasteiger charge is -2.14. The predicted molar refractivity (Wildman–Crippen MR) is 98.9 cm³/mol. The molecule has 1 heterocycles. The summed E-state index contributed by atoms with van der Waals surface area (Å²) in [4.78, 5) is 9.84. The van der Waals surface area contributed by atoms with Crippen LogP contribution in [0.15, 0.2) is 46.7 Å². The molecule has 2 aromatic carbocycles. The molecule has 0 amide bonds. The van der Waals surface area contributed by atoms with Crippen molar-refractivity contribution in [3.63, 3.8) is 0 Å². The van der Waals surface area contributed by atoms with Gasteiger partial charge in [0.1, 0.15) is 33.5 Å². The Labute approximate surface area is 157 Å². The molecule has 5 N–H and O–H groups in total. The van der Waals surface area contributed by atoms with Crippen LogP contribution in [0.5, 0.6) is 23.0 Å². The molecule has 0 radical (unpaired) electrons. The first-order chi connectivity index (χ1) is 12.6. The van der Waals surface area contributed by atoms with Crippen LogP contribution < -0.4 is 9.25 Å². The lowest BCUT2D eigenvalue weighted by Crippen LogP contribution is -2.25.